The maximum Gasteiger partial charge on any atom is 0.146 e. The molecule has 4 rings (SSSR count). The highest BCUT2D eigenvalue weighted by Crippen LogP contribution is 2.29. The lowest BCUT2D eigenvalue weighted by atomic mass is 10.2. The minimum absolute atomic E-state index is 0.705. The minimum Gasteiger partial charge on any atom is -0.365 e. The highest BCUT2D eigenvalue weighted by atomic mass is 15.1. The SMILES string of the molecule is Cc1c(C)n(Cc2ccccc2)c2ncnc(NCc3ccncc3)c12. The van der Waals surface area contributed by atoms with E-state index in [1.807, 2.05) is 18.2 Å². The molecule has 0 bridgehead atoms. The molecule has 0 fully saturated rings. The highest BCUT2D eigenvalue weighted by molar-refractivity contribution is 5.91. The Morgan fingerprint density at radius 2 is 1.69 bits per heavy atom. The van der Waals surface area contributed by atoms with Crippen molar-refractivity contribution >= 4 is 16.9 Å². The van der Waals surface area contributed by atoms with E-state index in [4.69, 9.17) is 0 Å². The van der Waals surface area contributed by atoms with Crippen LogP contribution < -0.4 is 5.32 Å². The topological polar surface area (TPSA) is 55.6 Å². The molecule has 4 aromatic rings. The first-order chi connectivity index (χ1) is 12.7. The van der Waals surface area contributed by atoms with Crippen LogP contribution in [0.25, 0.3) is 11.0 Å². The van der Waals surface area contributed by atoms with E-state index in [1.54, 1.807) is 18.7 Å². The minimum atomic E-state index is 0.705. The zero-order chi connectivity index (χ0) is 17.9. The van der Waals surface area contributed by atoms with Crippen LogP contribution in [0.5, 0.6) is 0 Å². The Bertz CT molecular complexity index is 1020. The van der Waals surface area contributed by atoms with Gasteiger partial charge in [0.25, 0.3) is 0 Å². The van der Waals surface area contributed by atoms with Gasteiger partial charge >= 0.3 is 0 Å². The number of anilines is 1. The van der Waals surface area contributed by atoms with Crippen LogP contribution in [0.3, 0.4) is 0 Å². The van der Waals surface area contributed by atoms with Gasteiger partial charge in [-0.25, -0.2) is 9.97 Å². The van der Waals surface area contributed by atoms with Gasteiger partial charge in [0.1, 0.15) is 17.8 Å². The smallest absolute Gasteiger partial charge is 0.146 e. The molecule has 0 amide bonds. The molecule has 1 aromatic carbocycles. The second-order valence-corrected chi connectivity index (χ2v) is 6.41. The van der Waals surface area contributed by atoms with E-state index < -0.39 is 0 Å². The van der Waals surface area contributed by atoms with Gasteiger partial charge in [0.05, 0.1) is 5.39 Å². The second kappa shape index (κ2) is 6.96. The molecule has 0 aliphatic rings. The molecule has 26 heavy (non-hydrogen) atoms. The fourth-order valence-electron chi connectivity index (χ4n) is 3.25. The van der Waals surface area contributed by atoms with Crippen molar-refractivity contribution in [2.45, 2.75) is 26.9 Å². The molecular formula is C21H21N5. The number of aromatic nitrogens is 4. The molecule has 1 N–H and O–H groups in total. The number of hydrogen-bond donors (Lipinski definition) is 1. The predicted octanol–water partition coefficient (Wildman–Crippen LogP) is 4.10. The van der Waals surface area contributed by atoms with Gasteiger partial charge in [0, 0.05) is 31.2 Å². The lowest BCUT2D eigenvalue weighted by Crippen LogP contribution is -2.04. The van der Waals surface area contributed by atoms with Gasteiger partial charge < -0.3 is 9.88 Å². The van der Waals surface area contributed by atoms with Gasteiger partial charge in [-0.05, 0) is 42.7 Å². The first-order valence-corrected chi connectivity index (χ1v) is 8.71. The number of rotatable bonds is 5. The third-order valence-corrected chi connectivity index (χ3v) is 4.80. The van der Waals surface area contributed by atoms with Gasteiger partial charge in [-0.1, -0.05) is 30.3 Å². The molecule has 5 nitrogen and oxygen atoms in total. The fraction of sp³-hybridized carbons (Fsp3) is 0.190. The lowest BCUT2D eigenvalue weighted by Gasteiger charge is -2.09. The first kappa shape index (κ1) is 16.3. The zero-order valence-electron chi connectivity index (χ0n) is 15.0. The molecule has 0 aliphatic carbocycles. The number of hydrogen-bond acceptors (Lipinski definition) is 4. The van der Waals surface area contributed by atoms with Crippen molar-refractivity contribution in [3.63, 3.8) is 0 Å². The average Bonchev–Trinajstić information content (AvgIpc) is 2.93. The van der Waals surface area contributed by atoms with Crippen molar-refractivity contribution in [2.75, 3.05) is 5.32 Å². The summed E-state index contributed by atoms with van der Waals surface area (Å²) in [5.74, 6) is 0.874. The Morgan fingerprint density at radius 3 is 2.46 bits per heavy atom. The van der Waals surface area contributed by atoms with E-state index in [9.17, 15) is 0 Å². The van der Waals surface area contributed by atoms with Crippen LogP contribution in [-0.2, 0) is 13.1 Å². The Hall–Kier alpha value is -3.21. The molecule has 0 radical (unpaired) electrons. The quantitative estimate of drug-likeness (QED) is 0.593. The van der Waals surface area contributed by atoms with Crippen molar-refractivity contribution < 1.29 is 0 Å². The molecule has 0 atom stereocenters. The summed E-state index contributed by atoms with van der Waals surface area (Å²) in [6.07, 6.45) is 5.24. The number of nitrogens with one attached hydrogen (secondary N) is 1. The van der Waals surface area contributed by atoms with Crippen LogP contribution >= 0.6 is 0 Å². The van der Waals surface area contributed by atoms with Crippen molar-refractivity contribution in [1.82, 2.24) is 19.5 Å². The number of nitrogens with zero attached hydrogens (tertiary/aromatic N) is 4. The molecule has 0 unspecified atom stereocenters. The molecule has 5 heteroatoms. The van der Waals surface area contributed by atoms with Crippen LogP contribution in [0.1, 0.15) is 22.4 Å². The van der Waals surface area contributed by atoms with E-state index in [1.165, 1.54) is 22.4 Å². The van der Waals surface area contributed by atoms with Crippen LogP contribution in [0.4, 0.5) is 5.82 Å². The summed E-state index contributed by atoms with van der Waals surface area (Å²) < 4.78 is 2.26. The largest absolute Gasteiger partial charge is 0.365 e. The zero-order valence-corrected chi connectivity index (χ0v) is 15.0. The molecule has 3 aromatic heterocycles. The van der Waals surface area contributed by atoms with E-state index in [-0.39, 0.29) is 0 Å². The summed E-state index contributed by atoms with van der Waals surface area (Å²) >= 11 is 0. The van der Waals surface area contributed by atoms with Crippen LogP contribution in [-0.4, -0.2) is 19.5 Å². The summed E-state index contributed by atoms with van der Waals surface area (Å²) in [6.45, 7) is 5.79. The van der Waals surface area contributed by atoms with Crippen molar-refractivity contribution in [3.8, 4) is 0 Å². The summed E-state index contributed by atoms with van der Waals surface area (Å²) in [6, 6.07) is 14.5. The van der Waals surface area contributed by atoms with Gasteiger partial charge in [0.15, 0.2) is 0 Å². The number of benzene rings is 1. The molecule has 0 saturated carbocycles. The number of fused-ring (bicyclic) bond motifs is 1. The first-order valence-electron chi connectivity index (χ1n) is 8.71. The monoisotopic (exact) mass is 343 g/mol. The Morgan fingerprint density at radius 1 is 0.923 bits per heavy atom. The van der Waals surface area contributed by atoms with Crippen molar-refractivity contribution in [1.29, 1.82) is 0 Å². The van der Waals surface area contributed by atoms with E-state index >= 15 is 0 Å². The van der Waals surface area contributed by atoms with Crippen LogP contribution in [0, 0.1) is 13.8 Å². The third-order valence-electron chi connectivity index (χ3n) is 4.80. The number of pyridine rings is 1. The van der Waals surface area contributed by atoms with Crippen molar-refractivity contribution in [3.05, 3.63) is 83.6 Å². The van der Waals surface area contributed by atoms with E-state index in [2.05, 4.69) is 62.9 Å². The molecular weight excluding hydrogens is 322 g/mol. The molecule has 0 aliphatic heterocycles. The maximum atomic E-state index is 4.58. The third kappa shape index (κ3) is 3.04. The normalized spacial score (nSPS) is 11.0. The lowest BCUT2D eigenvalue weighted by molar-refractivity contribution is 0.790. The fourth-order valence-corrected chi connectivity index (χ4v) is 3.25. The second-order valence-electron chi connectivity index (χ2n) is 6.41. The summed E-state index contributed by atoms with van der Waals surface area (Å²) in [4.78, 5) is 13.1. The van der Waals surface area contributed by atoms with E-state index in [0.29, 0.717) is 6.54 Å². The number of aryl methyl sites for hydroxylation is 1. The Kier molecular flexibility index (Phi) is 4.35. The molecule has 3 heterocycles. The van der Waals surface area contributed by atoms with Crippen molar-refractivity contribution in [2.24, 2.45) is 0 Å². The molecule has 130 valence electrons. The Balaban J connectivity index is 1.71. The summed E-state index contributed by atoms with van der Waals surface area (Å²) in [7, 11) is 0. The van der Waals surface area contributed by atoms with Gasteiger partial charge in [0.2, 0.25) is 0 Å². The van der Waals surface area contributed by atoms with Crippen LogP contribution in [0.2, 0.25) is 0 Å². The summed E-state index contributed by atoms with van der Waals surface area (Å²) in [5.41, 5.74) is 5.84. The Labute approximate surface area is 152 Å². The standard InChI is InChI=1S/C21H21N5/c1-15-16(2)26(13-18-6-4-3-5-7-18)21-19(15)20(24-14-25-21)23-12-17-8-10-22-11-9-17/h3-11,14H,12-13H2,1-2H3,(H,23,24,25). The predicted molar refractivity (Wildman–Crippen MR) is 104 cm³/mol. The summed E-state index contributed by atoms with van der Waals surface area (Å²) in [5, 5.41) is 4.55. The average molecular weight is 343 g/mol. The molecule has 0 spiro atoms. The van der Waals surface area contributed by atoms with Gasteiger partial charge in [-0.3, -0.25) is 4.98 Å². The van der Waals surface area contributed by atoms with Crippen LogP contribution in [0.15, 0.2) is 61.2 Å². The van der Waals surface area contributed by atoms with Gasteiger partial charge in [-0.15, -0.1) is 0 Å². The molecule has 0 saturated heterocycles. The van der Waals surface area contributed by atoms with E-state index in [0.717, 1.165) is 23.4 Å². The highest BCUT2D eigenvalue weighted by Gasteiger charge is 2.16. The maximum absolute atomic E-state index is 4.58. The van der Waals surface area contributed by atoms with Gasteiger partial charge in [-0.2, -0.15) is 0 Å².